The summed E-state index contributed by atoms with van der Waals surface area (Å²) in [5.74, 6) is 0. The van der Waals surface area contributed by atoms with Crippen molar-refractivity contribution in [1.82, 2.24) is 0 Å². The molecule has 2 nitrogen and oxygen atoms in total. The molecule has 0 aromatic rings. The average molecular weight is 136 g/mol. The van der Waals surface area contributed by atoms with Crippen LogP contribution in [0.5, 0.6) is 0 Å². The maximum absolute atomic E-state index is 9.03. The van der Waals surface area contributed by atoms with E-state index in [1.54, 1.807) is 0 Å². The van der Waals surface area contributed by atoms with Gasteiger partial charge in [-0.15, -0.1) is 12.6 Å². The molecule has 0 amide bonds. The van der Waals surface area contributed by atoms with E-state index in [0.717, 1.165) is 0 Å². The summed E-state index contributed by atoms with van der Waals surface area (Å²) in [5.41, 5.74) is 0. The zero-order chi connectivity index (χ0) is 6.62. The lowest BCUT2D eigenvalue weighted by Crippen LogP contribution is -2.20. The smallest absolute Gasteiger partial charge is 0.109 e. The molecule has 0 aliphatic rings. The van der Waals surface area contributed by atoms with Crippen LogP contribution < -0.4 is 0 Å². The van der Waals surface area contributed by atoms with Gasteiger partial charge in [0.25, 0.3) is 0 Å². The fourth-order valence-electron chi connectivity index (χ4n) is 0.356. The third-order valence-electron chi connectivity index (χ3n) is 1.08. The highest BCUT2D eigenvalue weighted by molar-refractivity contribution is 7.81. The average Bonchev–Trinajstić information content (AvgIpc) is 1.67. The molecule has 0 aromatic heterocycles. The Morgan fingerprint density at radius 1 is 1.62 bits per heavy atom. The zero-order valence-corrected chi connectivity index (χ0v) is 5.86. The Kier molecular flexibility index (Phi) is 3.44. The lowest BCUT2D eigenvalue weighted by atomic mass is 10.2. The van der Waals surface area contributed by atoms with Gasteiger partial charge in [0, 0.05) is 13.0 Å². The van der Waals surface area contributed by atoms with Crippen molar-refractivity contribution in [2.45, 2.75) is 24.7 Å². The molecule has 0 spiro atoms. The summed E-state index contributed by atoms with van der Waals surface area (Å²) in [4.78, 5) is -0.964. The van der Waals surface area contributed by atoms with Crippen LogP contribution in [0.25, 0.3) is 0 Å². The first-order valence-corrected chi connectivity index (χ1v) is 3.12. The molecule has 3 heteroatoms. The van der Waals surface area contributed by atoms with Crippen LogP contribution in [-0.4, -0.2) is 21.8 Å². The standard InChI is InChI=1S/C5H12O2S/c1-2-5(7,8)3-4-6/h6-8H,2-4H2,1H3. The minimum absolute atomic E-state index is 0.00611. The van der Waals surface area contributed by atoms with Crippen LogP contribution in [0.4, 0.5) is 0 Å². The summed E-state index contributed by atoms with van der Waals surface area (Å²) in [7, 11) is 0. The van der Waals surface area contributed by atoms with E-state index in [4.69, 9.17) is 10.2 Å². The Labute approximate surface area is 54.9 Å². The summed E-state index contributed by atoms with van der Waals surface area (Å²) < 4.78 is 0. The molecule has 0 rings (SSSR count). The van der Waals surface area contributed by atoms with Crippen LogP contribution in [0.15, 0.2) is 0 Å². The number of hydrogen-bond acceptors (Lipinski definition) is 3. The Balaban J connectivity index is 3.37. The van der Waals surface area contributed by atoms with Crippen molar-refractivity contribution in [3.05, 3.63) is 0 Å². The molecule has 0 saturated carbocycles. The summed E-state index contributed by atoms with van der Waals surface area (Å²) >= 11 is 3.86. The van der Waals surface area contributed by atoms with Crippen LogP contribution >= 0.6 is 12.6 Å². The van der Waals surface area contributed by atoms with Crippen molar-refractivity contribution < 1.29 is 10.2 Å². The summed E-state index contributed by atoms with van der Waals surface area (Å²) in [6, 6.07) is 0. The molecule has 0 aliphatic heterocycles. The molecule has 0 aliphatic carbocycles. The minimum atomic E-state index is -0.964. The molecule has 1 atom stereocenters. The van der Waals surface area contributed by atoms with Gasteiger partial charge in [0.15, 0.2) is 0 Å². The minimum Gasteiger partial charge on any atom is -0.396 e. The van der Waals surface area contributed by atoms with E-state index in [9.17, 15) is 0 Å². The first-order chi connectivity index (χ1) is 3.62. The first-order valence-electron chi connectivity index (χ1n) is 2.68. The van der Waals surface area contributed by atoms with E-state index in [2.05, 4.69) is 12.6 Å². The predicted molar refractivity (Wildman–Crippen MR) is 35.9 cm³/mol. The Morgan fingerprint density at radius 3 is 2.25 bits per heavy atom. The molecule has 0 aromatic carbocycles. The highest BCUT2D eigenvalue weighted by Crippen LogP contribution is 2.17. The van der Waals surface area contributed by atoms with Gasteiger partial charge in [-0.05, 0) is 6.42 Å². The molecule has 0 fully saturated rings. The van der Waals surface area contributed by atoms with Gasteiger partial charge < -0.3 is 10.2 Å². The molecule has 1 unspecified atom stereocenters. The van der Waals surface area contributed by atoms with E-state index >= 15 is 0 Å². The second-order valence-corrected chi connectivity index (χ2v) is 2.64. The predicted octanol–water partition coefficient (Wildman–Crippen LogP) is 0.397. The third-order valence-corrected chi connectivity index (χ3v) is 1.62. The topological polar surface area (TPSA) is 40.5 Å². The monoisotopic (exact) mass is 136 g/mol. The quantitative estimate of drug-likeness (QED) is 0.388. The summed E-state index contributed by atoms with van der Waals surface area (Å²) in [5, 5.41) is 17.4. The van der Waals surface area contributed by atoms with Gasteiger partial charge in [0.05, 0.1) is 0 Å². The normalized spacial score (nSPS) is 18.0. The Hall–Kier alpha value is 0.270. The lowest BCUT2D eigenvalue weighted by molar-refractivity contribution is 0.0998. The summed E-state index contributed by atoms with van der Waals surface area (Å²) in [6.45, 7) is 1.82. The van der Waals surface area contributed by atoms with E-state index < -0.39 is 4.93 Å². The van der Waals surface area contributed by atoms with Crippen molar-refractivity contribution in [2.24, 2.45) is 0 Å². The lowest BCUT2D eigenvalue weighted by Gasteiger charge is -2.17. The van der Waals surface area contributed by atoms with Crippen molar-refractivity contribution in [3.63, 3.8) is 0 Å². The van der Waals surface area contributed by atoms with E-state index in [-0.39, 0.29) is 6.61 Å². The van der Waals surface area contributed by atoms with Crippen molar-refractivity contribution in [2.75, 3.05) is 6.61 Å². The Morgan fingerprint density at radius 2 is 2.12 bits per heavy atom. The van der Waals surface area contributed by atoms with Gasteiger partial charge in [-0.2, -0.15) is 0 Å². The zero-order valence-electron chi connectivity index (χ0n) is 4.96. The Bertz CT molecular complexity index is 63.4. The molecule has 0 saturated heterocycles. The van der Waals surface area contributed by atoms with Crippen LogP contribution in [-0.2, 0) is 0 Å². The number of thiol groups is 1. The van der Waals surface area contributed by atoms with E-state index in [1.807, 2.05) is 6.92 Å². The van der Waals surface area contributed by atoms with Gasteiger partial charge >= 0.3 is 0 Å². The molecule has 8 heavy (non-hydrogen) atoms. The molecular weight excluding hydrogens is 124 g/mol. The van der Waals surface area contributed by atoms with Crippen molar-refractivity contribution >= 4 is 12.6 Å². The van der Waals surface area contributed by atoms with Gasteiger partial charge in [0.1, 0.15) is 4.93 Å². The highest BCUT2D eigenvalue weighted by atomic mass is 32.1. The van der Waals surface area contributed by atoms with Gasteiger partial charge in [-0.25, -0.2) is 0 Å². The number of hydrogen-bond donors (Lipinski definition) is 3. The van der Waals surface area contributed by atoms with Crippen LogP contribution in [0, 0.1) is 0 Å². The third kappa shape index (κ3) is 3.29. The van der Waals surface area contributed by atoms with E-state index in [1.165, 1.54) is 0 Å². The van der Waals surface area contributed by atoms with Crippen LogP contribution in [0.3, 0.4) is 0 Å². The molecule has 2 N–H and O–H groups in total. The fourth-order valence-corrected chi connectivity index (χ4v) is 0.456. The first kappa shape index (κ1) is 8.27. The fraction of sp³-hybridized carbons (Fsp3) is 1.00. The maximum Gasteiger partial charge on any atom is 0.109 e. The van der Waals surface area contributed by atoms with Crippen LogP contribution in [0.2, 0.25) is 0 Å². The van der Waals surface area contributed by atoms with Crippen molar-refractivity contribution in [3.8, 4) is 0 Å². The van der Waals surface area contributed by atoms with Gasteiger partial charge in [-0.1, -0.05) is 6.92 Å². The maximum atomic E-state index is 9.03. The molecule has 0 radical (unpaired) electrons. The van der Waals surface area contributed by atoms with Crippen LogP contribution in [0.1, 0.15) is 19.8 Å². The second kappa shape index (κ2) is 3.33. The highest BCUT2D eigenvalue weighted by Gasteiger charge is 2.16. The second-order valence-electron chi connectivity index (χ2n) is 1.81. The molecular formula is C5H12O2S. The largest absolute Gasteiger partial charge is 0.396 e. The SMILES string of the molecule is CCC(O)(S)CCO. The van der Waals surface area contributed by atoms with E-state index in [0.29, 0.717) is 12.8 Å². The van der Waals surface area contributed by atoms with Gasteiger partial charge in [-0.3, -0.25) is 0 Å². The number of aliphatic hydroxyl groups is 2. The molecule has 50 valence electrons. The van der Waals surface area contributed by atoms with Gasteiger partial charge in [0.2, 0.25) is 0 Å². The molecule has 0 bridgehead atoms. The molecule has 0 heterocycles. The van der Waals surface area contributed by atoms with Crippen molar-refractivity contribution in [1.29, 1.82) is 0 Å². The summed E-state index contributed by atoms with van der Waals surface area (Å²) in [6.07, 6.45) is 0.906. The number of rotatable bonds is 3. The number of aliphatic hydroxyl groups excluding tert-OH is 1.